The molecule has 1 aliphatic heterocycles. The Balaban J connectivity index is 0.000000390. The molecule has 0 N–H and O–H groups in total. The summed E-state index contributed by atoms with van der Waals surface area (Å²) in [4.78, 5) is 13.6. The van der Waals surface area contributed by atoms with Gasteiger partial charge in [-0.15, -0.1) is 0 Å². The largest absolute Gasteiger partial charge is 0.453 e. The van der Waals surface area contributed by atoms with E-state index >= 15 is 0 Å². The lowest BCUT2D eigenvalue weighted by Gasteiger charge is -2.38. The maximum absolute atomic E-state index is 13.8. The molecule has 1 saturated heterocycles. The van der Waals surface area contributed by atoms with Crippen LogP contribution in [0, 0.1) is 0 Å². The number of carbonyl (C=O) groups is 1. The fourth-order valence-electron chi connectivity index (χ4n) is 6.75. The summed E-state index contributed by atoms with van der Waals surface area (Å²) in [7, 11) is -18.3. The van der Waals surface area contributed by atoms with E-state index in [2.05, 4.69) is 39.4 Å². The number of alkyl halides is 14. The number of sulfonamides is 2. The summed E-state index contributed by atoms with van der Waals surface area (Å²) in [5.41, 5.74) is 2.32. The number of oxime groups is 1. The maximum Gasteiger partial charge on any atom is 0.437 e. The number of unbranched alkanes of at least 4 members (excludes halogenated alkanes) is 1. The van der Waals surface area contributed by atoms with E-state index in [4.69, 9.17) is 8.42 Å². The Morgan fingerprint density at radius 1 is 0.647 bits per heavy atom. The number of hydrogen-bond donors (Lipinski definition) is 0. The number of rotatable bonds is 15. The van der Waals surface area contributed by atoms with Crippen LogP contribution >= 0.6 is 0 Å². The molecule has 0 aromatic heterocycles. The van der Waals surface area contributed by atoms with E-state index in [1.54, 1.807) is 31.2 Å². The van der Waals surface area contributed by atoms with Crippen LogP contribution in [0.15, 0.2) is 148 Å². The molecule has 5 aromatic carbocycles. The Morgan fingerprint density at radius 2 is 1.11 bits per heavy atom. The Bertz CT molecular complexity index is 3300. The summed E-state index contributed by atoms with van der Waals surface area (Å²) in [5, 5.41) is -10.9. The van der Waals surface area contributed by atoms with Crippen LogP contribution in [0.5, 0.6) is 0 Å². The van der Waals surface area contributed by atoms with Gasteiger partial charge in [0.05, 0.1) is 11.3 Å². The van der Waals surface area contributed by atoms with E-state index in [0.717, 1.165) is 39.0 Å². The Kier molecular flexibility index (Phi) is 28.7. The van der Waals surface area contributed by atoms with Crippen LogP contribution in [0.3, 0.4) is 0 Å². The van der Waals surface area contributed by atoms with Crippen molar-refractivity contribution in [3.8, 4) is 11.1 Å². The molecule has 472 valence electrons. The number of fused-ring (bicyclic) bond motifs is 3. The lowest BCUT2D eigenvalue weighted by molar-refractivity contribution is -0.245. The van der Waals surface area contributed by atoms with Crippen molar-refractivity contribution < 1.29 is 109 Å². The number of ether oxygens (including phenoxy) is 1. The fourth-order valence-corrected chi connectivity index (χ4v) is 10.5. The van der Waals surface area contributed by atoms with Gasteiger partial charge in [-0.05, 0) is 123 Å². The molecule has 0 spiro atoms. The molecule has 1 heterocycles. The molecule has 5 aromatic rings. The first-order chi connectivity index (χ1) is 39.1. The topological polar surface area (TPSA) is 202 Å². The number of benzene rings is 5. The zero-order valence-corrected chi connectivity index (χ0v) is 49.7. The third kappa shape index (κ3) is 22.9. The third-order valence-electron chi connectivity index (χ3n) is 11.1. The SMILES string of the molecule is CC(OC(=O)c1ccccc1)C(C)(F)F.CCCCS(=O)(=O)O/N=C(/c1ccc2c(c1)Cc1ccccc1-2)C(F)(F)F.O=S(=O)([N-]C(F)(F)F)C(F)(F)C(F)(F)C(F)(F)S(=O)(=O)N1CCCCC1.O=S=O.[SH2+]c1ccccc1.[SH2+]c1ccccc1. The highest BCUT2D eigenvalue weighted by Crippen LogP contribution is 2.54. The monoisotopic (exact) mass is 1340 g/mol. The molecule has 14 nitrogen and oxygen atoms in total. The first-order valence-electron chi connectivity index (χ1n) is 24.2. The van der Waals surface area contributed by atoms with E-state index in [0.29, 0.717) is 24.0 Å². The number of hydrogen-bond acceptors (Lipinski definition) is 12. The van der Waals surface area contributed by atoms with Crippen molar-refractivity contribution in [2.75, 3.05) is 18.8 Å². The molecule has 85 heavy (non-hydrogen) atoms. The zero-order chi connectivity index (χ0) is 64.9. The van der Waals surface area contributed by atoms with Crippen molar-refractivity contribution >= 4 is 78.7 Å². The second-order valence-corrected chi connectivity index (χ2v) is 24.2. The van der Waals surface area contributed by atoms with Crippen molar-refractivity contribution in [2.24, 2.45) is 5.16 Å². The smallest absolute Gasteiger partial charge is 0.437 e. The summed E-state index contributed by atoms with van der Waals surface area (Å²) in [6, 6.07) is 39.9. The molecule has 1 fully saturated rings. The van der Waals surface area contributed by atoms with Gasteiger partial charge < -0.3 is 9.46 Å². The van der Waals surface area contributed by atoms with Gasteiger partial charge in [-0.1, -0.05) is 116 Å². The number of halogens is 14. The van der Waals surface area contributed by atoms with Gasteiger partial charge >= 0.3 is 56.6 Å². The van der Waals surface area contributed by atoms with Crippen molar-refractivity contribution in [1.29, 1.82) is 0 Å². The molecule has 2 aliphatic rings. The normalized spacial score (nSPS) is 14.4. The van der Waals surface area contributed by atoms with Crippen molar-refractivity contribution in [3.63, 3.8) is 0 Å². The van der Waals surface area contributed by atoms with E-state index in [1.807, 2.05) is 84.9 Å². The van der Waals surface area contributed by atoms with Crippen molar-refractivity contribution in [1.82, 2.24) is 4.31 Å². The Hall–Kier alpha value is -5.65. The molecule has 1 unspecified atom stereocenters. The van der Waals surface area contributed by atoms with Gasteiger partial charge in [-0.2, -0.15) is 73.8 Å². The first kappa shape index (κ1) is 75.4. The second-order valence-electron chi connectivity index (χ2n) is 17.6. The standard InChI is InChI=1S/C19H18F3NO3S.C11H12F2O2.C9H10F9N2O4S2.2C6H6S.O2S/c1-2-3-10-27(24,25)26-23-18(19(20,21)22)14-8-9-17-15(12-14)11-13-6-4-5-7-16(13)17;1-8(11(2,12)13)15-10(14)9-6-4-3-5-7-9;10-6(11,7(12,13)25(21,22)19-9(16,17)18)8(14,15)26(23,24)20-4-2-1-3-5-20;2*7-6-4-2-1-3-5-6;1-3-2/h4-9,12H,2-3,10-11H2,1H3;3-8H,1-2H3;1-5H2;2*1-5,7H;/q;;-1;;;/p+2/b23-18-;;;;;. The molecule has 0 bridgehead atoms. The van der Waals surface area contributed by atoms with Crippen molar-refractivity contribution in [2.45, 2.75) is 110 Å². The molecule has 34 heteroatoms. The van der Waals surface area contributed by atoms with Crippen LogP contribution < -0.4 is 0 Å². The average Bonchev–Trinajstić information content (AvgIpc) is 1.47. The van der Waals surface area contributed by atoms with E-state index < -0.39 is 107 Å². The predicted molar refractivity (Wildman–Crippen MR) is 295 cm³/mol. The highest BCUT2D eigenvalue weighted by molar-refractivity contribution is 7.95. The summed E-state index contributed by atoms with van der Waals surface area (Å²) >= 11 is 5.96. The molecule has 7 rings (SSSR count). The van der Waals surface area contributed by atoms with Crippen molar-refractivity contribution in [3.05, 3.63) is 160 Å². The first-order valence-corrected chi connectivity index (χ1v) is 30.3. The van der Waals surface area contributed by atoms with Crippen LogP contribution in [-0.4, -0.2) is 109 Å². The van der Waals surface area contributed by atoms with Gasteiger partial charge in [0.1, 0.15) is 9.79 Å². The molecular weight excluding hydrogens is 1290 g/mol. The minimum absolute atomic E-state index is 0.0705. The number of carbonyl (C=O) groups excluding carboxylic acids is 1. The minimum Gasteiger partial charge on any atom is -0.453 e. The summed E-state index contributed by atoms with van der Waals surface area (Å²) in [6.45, 7) is 2.18. The van der Waals surface area contributed by atoms with Crippen LogP contribution in [0.4, 0.5) is 61.5 Å². The molecule has 0 saturated carbocycles. The number of esters is 1. The Morgan fingerprint density at radius 3 is 1.54 bits per heavy atom. The third-order valence-corrected chi connectivity index (χ3v) is 16.2. The van der Waals surface area contributed by atoms with Crippen LogP contribution in [0.2, 0.25) is 0 Å². The van der Waals surface area contributed by atoms with Gasteiger partial charge in [0, 0.05) is 25.6 Å². The van der Waals surface area contributed by atoms with Gasteiger partial charge in [0.15, 0.2) is 21.8 Å². The Labute approximate surface area is 495 Å². The molecule has 0 amide bonds. The lowest BCUT2D eigenvalue weighted by Crippen LogP contribution is -2.63. The maximum atomic E-state index is 13.8. The number of nitrogens with zero attached hydrogens (tertiary/aromatic N) is 3. The zero-order valence-electron chi connectivity index (χ0n) is 44.4. The van der Waals surface area contributed by atoms with Gasteiger partial charge in [-0.3, -0.25) is 4.28 Å². The van der Waals surface area contributed by atoms with E-state index in [1.165, 1.54) is 31.2 Å². The average molecular weight is 1340 g/mol. The van der Waals surface area contributed by atoms with Gasteiger partial charge in [0.2, 0.25) is 0 Å². The van der Waals surface area contributed by atoms with Crippen LogP contribution in [0.1, 0.15) is 79.9 Å². The van der Waals surface area contributed by atoms with E-state index in [9.17, 15) is 91.5 Å². The molecule has 0 radical (unpaired) electrons. The highest BCUT2D eigenvalue weighted by atomic mass is 32.2. The summed E-state index contributed by atoms with van der Waals surface area (Å²) in [5.74, 6) is -11.4. The summed E-state index contributed by atoms with van der Waals surface area (Å²) < 4.78 is 277. The van der Waals surface area contributed by atoms with Crippen LogP contribution in [0.25, 0.3) is 15.8 Å². The van der Waals surface area contributed by atoms with Gasteiger partial charge in [0.25, 0.3) is 15.9 Å². The van der Waals surface area contributed by atoms with Crippen LogP contribution in [-0.2, 0) is 82.4 Å². The van der Waals surface area contributed by atoms with E-state index in [-0.39, 0.29) is 40.4 Å². The minimum atomic E-state index is -7.60. The lowest BCUT2D eigenvalue weighted by atomic mass is 10.0. The highest BCUT2D eigenvalue weighted by Gasteiger charge is 2.81. The van der Waals surface area contributed by atoms with Gasteiger partial charge in [-0.25, -0.2) is 30.4 Å². The number of piperidine rings is 1. The molecular formula is C51H54F14N3O11S6+. The predicted octanol–water partition coefficient (Wildman–Crippen LogP) is 11.8. The second kappa shape index (κ2) is 32.4. The quantitative estimate of drug-likeness (QED) is 0.0236. The molecule has 1 aliphatic carbocycles. The fraction of sp³-hybridized carbons (Fsp3) is 0.373. The molecule has 1 atom stereocenters. The summed E-state index contributed by atoms with van der Waals surface area (Å²) in [6.07, 6.45) is -11.0.